The van der Waals surface area contributed by atoms with Gasteiger partial charge in [0.1, 0.15) is 13.2 Å². The molecule has 0 bridgehead atoms. The molecule has 1 aliphatic rings. The number of sulfone groups is 1. The summed E-state index contributed by atoms with van der Waals surface area (Å²) in [6.45, 7) is 2.80. The minimum atomic E-state index is -3.62. The highest BCUT2D eigenvalue weighted by molar-refractivity contribution is 7.91. The molecular weight excluding hydrogens is 400 g/mol. The highest BCUT2D eigenvalue weighted by Gasteiger charge is 2.21. The molecule has 1 aromatic heterocycles. The van der Waals surface area contributed by atoms with Crippen LogP contribution in [0.1, 0.15) is 12.0 Å². The number of ether oxygens (including phenoxy) is 2. The molecule has 0 spiro atoms. The molecule has 0 unspecified atom stereocenters. The second kappa shape index (κ2) is 7.40. The number of nitrogens with one attached hydrogen (secondary N) is 1. The van der Waals surface area contributed by atoms with E-state index in [9.17, 15) is 13.2 Å². The van der Waals surface area contributed by atoms with Crippen molar-refractivity contribution in [3.05, 3.63) is 42.0 Å². The van der Waals surface area contributed by atoms with Crippen LogP contribution in [0.2, 0.25) is 0 Å². The van der Waals surface area contributed by atoms with Crippen LogP contribution in [0.15, 0.2) is 41.3 Å². The summed E-state index contributed by atoms with van der Waals surface area (Å²) in [7, 11) is -3.62. The molecule has 2 aromatic carbocycles. The van der Waals surface area contributed by atoms with Gasteiger partial charge in [0.25, 0.3) is 0 Å². The van der Waals surface area contributed by atoms with Crippen molar-refractivity contribution in [3.63, 3.8) is 0 Å². The first-order valence-corrected chi connectivity index (χ1v) is 11.2. The summed E-state index contributed by atoms with van der Waals surface area (Å²) < 4.78 is 36.9. The lowest BCUT2D eigenvalue weighted by molar-refractivity contribution is -0.115. The van der Waals surface area contributed by atoms with Crippen LogP contribution in [-0.2, 0) is 14.6 Å². The number of aryl methyl sites for hydroxylation is 1. The van der Waals surface area contributed by atoms with Gasteiger partial charge in [-0.05, 0) is 36.8 Å². The molecule has 0 aliphatic carbocycles. The maximum absolute atomic E-state index is 12.6. The first-order valence-electron chi connectivity index (χ1n) is 8.70. The Morgan fingerprint density at radius 2 is 1.93 bits per heavy atom. The van der Waals surface area contributed by atoms with Gasteiger partial charge in [0.2, 0.25) is 5.91 Å². The molecule has 146 valence electrons. The lowest BCUT2D eigenvalue weighted by Gasteiger charge is -2.18. The number of thiazole rings is 1. The number of carbonyl (C=O) groups is 1. The average molecular weight is 418 g/mol. The normalized spacial score (nSPS) is 13.5. The molecule has 0 fully saturated rings. The number of anilines is 1. The van der Waals surface area contributed by atoms with Crippen LogP contribution in [0.4, 0.5) is 5.13 Å². The number of carbonyl (C=O) groups excluding carboxylic acids is 1. The molecule has 28 heavy (non-hydrogen) atoms. The minimum absolute atomic E-state index is 0.111. The van der Waals surface area contributed by atoms with Gasteiger partial charge in [0, 0.05) is 12.5 Å². The summed E-state index contributed by atoms with van der Waals surface area (Å²) in [5.41, 5.74) is 1.91. The van der Waals surface area contributed by atoms with E-state index in [-0.39, 0.29) is 17.1 Å². The van der Waals surface area contributed by atoms with E-state index in [4.69, 9.17) is 9.47 Å². The van der Waals surface area contributed by atoms with Crippen molar-refractivity contribution < 1.29 is 22.7 Å². The summed E-state index contributed by atoms with van der Waals surface area (Å²) in [6.07, 6.45) is -0.161. The van der Waals surface area contributed by atoms with Crippen LogP contribution >= 0.6 is 11.3 Å². The van der Waals surface area contributed by atoms with Crippen LogP contribution in [0, 0.1) is 6.92 Å². The van der Waals surface area contributed by atoms with Crippen LogP contribution < -0.4 is 14.8 Å². The van der Waals surface area contributed by atoms with E-state index in [1.54, 1.807) is 6.07 Å². The van der Waals surface area contributed by atoms with Crippen LogP contribution in [-0.4, -0.2) is 38.3 Å². The minimum Gasteiger partial charge on any atom is -0.486 e. The molecule has 0 saturated heterocycles. The van der Waals surface area contributed by atoms with Gasteiger partial charge in [0.15, 0.2) is 26.5 Å². The number of amides is 1. The Hall–Kier alpha value is -2.65. The zero-order valence-electron chi connectivity index (χ0n) is 15.1. The van der Waals surface area contributed by atoms with Crippen molar-refractivity contribution in [2.75, 3.05) is 24.3 Å². The number of hydrogen-bond donors (Lipinski definition) is 1. The molecule has 7 nitrogen and oxygen atoms in total. The summed E-state index contributed by atoms with van der Waals surface area (Å²) in [5.74, 6) is 0.232. The molecule has 1 N–H and O–H groups in total. The molecule has 0 radical (unpaired) electrons. The molecule has 1 amide bonds. The van der Waals surface area contributed by atoms with E-state index in [0.29, 0.717) is 29.8 Å². The molecule has 0 atom stereocenters. The van der Waals surface area contributed by atoms with E-state index < -0.39 is 15.7 Å². The van der Waals surface area contributed by atoms with E-state index in [1.165, 1.54) is 23.5 Å². The van der Waals surface area contributed by atoms with Gasteiger partial charge in [-0.15, -0.1) is 0 Å². The predicted molar refractivity (Wildman–Crippen MR) is 107 cm³/mol. The number of benzene rings is 2. The van der Waals surface area contributed by atoms with Crippen molar-refractivity contribution in [1.82, 2.24) is 4.98 Å². The zero-order chi connectivity index (χ0) is 19.7. The number of rotatable bonds is 5. The molecule has 1 aliphatic heterocycles. The van der Waals surface area contributed by atoms with Gasteiger partial charge in [-0.25, -0.2) is 13.4 Å². The Morgan fingerprint density at radius 1 is 1.14 bits per heavy atom. The van der Waals surface area contributed by atoms with Crippen LogP contribution in [0.5, 0.6) is 11.5 Å². The lowest BCUT2D eigenvalue weighted by atomic mass is 10.2. The van der Waals surface area contributed by atoms with E-state index in [2.05, 4.69) is 10.3 Å². The third kappa shape index (κ3) is 3.95. The number of hydrogen-bond acceptors (Lipinski definition) is 7. The number of aromatic nitrogens is 1. The SMILES string of the molecule is Cc1ccc2nc(NC(=O)CCS(=O)(=O)c3ccc4c(c3)OCCO4)sc2c1. The highest BCUT2D eigenvalue weighted by atomic mass is 32.2. The maximum Gasteiger partial charge on any atom is 0.227 e. The van der Waals surface area contributed by atoms with Gasteiger partial charge in [0.05, 0.1) is 20.9 Å². The van der Waals surface area contributed by atoms with Crippen molar-refractivity contribution in [3.8, 4) is 11.5 Å². The second-order valence-electron chi connectivity index (χ2n) is 6.41. The molecule has 3 aromatic rings. The summed E-state index contributed by atoms with van der Waals surface area (Å²) in [5, 5.41) is 3.14. The first kappa shape index (κ1) is 18.7. The summed E-state index contributed by atoms with van der Waals surface area (Å²) >= 11 is 1.36. The second-order valence-corrected chi connectivity index (χ2v) is 9.55. The summed E-state index contributed by atoms with van der Waals surface area (Å²) in [4.78, 5) is 16.7. The lowest BCUT2D eigenvalue weighted by Crippen LogP contribution is -2.18. The molecule has 0 saturated carbocycles. The van der Waals surface area contributed by atoms with Gasteiger partial charge >= 0.3 is 0 Å². The molecule has 4 rings (SSSR count). The topological polar surface area (TPSA) is 94.6 Å². The maximum atomic E-state index is 12.6. The Labute approximate surface area is 166 Å². The molecule has 9 heteroatoms. The van der Waals surface area contributed by atoms with Gasteiger partial charge in [-0.3, -0.25) is 4.79 Å². The first-order chi connectivity index (χ1) is 13.4. The Bertz CT molecular complexity index is 1150. The standard InChI is InChI=1S/C19H18N2O5S2/c1-12-2-4-14-17(10-12)27-19(20-14)21-18(22)6-9-28(23,24)13-3-5-15-16(11-13)26-8-7-25-15/h2-5,10-11H,6-9H2,1H3,(H,20,21,22). The number of fused-ring (bicyclic) bond motifs is 2. The Morgan fingerprint density at radius 3 is 2.75 bits per heavy atom. The highest BCUT2D eigenvalue weighted by Crippen LogP contribution is 2.32. The predicted octanol–water partition coefficient (Wildman–Crippen LogP) is 3.18. The Balaban J connectivity index is 1.41. The average Bonchev–Trinajstić information content (AvgIpc) is 3.07. The largest absolute Gasteiger partial charge is 0.486 e. The fraction of sp³-hybridized carbons (Fsp3) is 0.263. The van der Waals surface area contributed by atoms with Crippen molar-refractivity contribution >= 4 is 42.4 Å². The third-order valence-corrected chi connectivity index (χ3v) is 6.91. The quantitative estimate of drug-likeness (QED) is 0.684. The molecule has 2 heterocycles. The van der Waals surface area contributed by atoms with Crippen molar-refractivity contribution in [2.45, 2.75) is 18.2 Å². The van der Waals surface area contributed by atoms with Crippen LogP contribution in [0.25, 0.3) is 10.2 Å². The van der Waals surface area contributed by atoms with Gasteiger partial charge < -0.3 is 14.8 Å². The van der Waals surface area contributed by atoms with Crippen LogP contribution in [0.3, 0.4) is 0 Å². The van der Waals surface area contributed by atoms with Gasteiger partial charge in [-0.2, -0.15) is 0 Å². The van der Waals surface area contributed by atoms with Crippen molar-refractivity contribution in [1.29, 1.82) is 0 Å². The van der Waals surface area contributed by atoms with E-state index in [0.717, 1.165) is 15.8 Å². The fourth-order valence-electron chi connectivity index (χ4n) is 2.83. The zero-order valence-corrected chi connectivity index (χ0v) is 16.7. The van der Waals surface area contributed by atoms with Gasteiger partial charge in [-0.1, -0.05) is 17.4 Å². The van der Waals surface area contributed by atoms with Crippen molar-refractivity contribution in [2.24, 2.45) is 0 Å². The third-order valence-electron chi connectivity index (χ3n) is 4.26. The molecular formula is C19H18N2O5S2. The summed E-state index contributed by atoms with van der Waals surface area (Å²) in [6, 6.07) is 10.3. The van der Waals surface area contributed by atoms with E-state index >= 15 is 0 Å². The van der Waals surface area contributed by atoms with E-state index in [1.807, 2.05) is 25.1 Å². The smallest absolute Gasteiger partial charge is 0.227 e. The monoisotopic (exact) mass is 418 g/mol. The Kier molecular flexibility index (Phi) is 4.94. The number of nitrogens with zero attached hydrogens (tertiary/aromatic N) is 1. The fourth-order valence-corrected chi connectivity index (χ4v) is 5.06.